The van der Waals surface area contributed by atoms with E-state index in [0.29, 0.717) is 11.2 Å². The summed E-state index contributed by atoms with van der Waals surface area (Å²) in [7, 11) is 0. The molecule has 1 aliphatic rings. The van der Waals surface area contributed by atoms with Crippen molar-refractivity contribution in [3.63, 3.8) is 0 Å². The maximum Gasteiger partial charge on any atom is 0.238 e. The van der Waals surface area contributed by atoms with E-state index in [1.165, 1.54) is 23.1 Å². The second kappa shape index (κ2) is 8.41. The van der Waals surface area contributed by atoms with Crippen LogP contribution in [0.25, 0.3) is 0 Å². The van der Waals surface area contributed by atoms with Crippen molar-refractivity contribution >= 4 is 55.8 Å². The average molecular weight is 461 g/mol. The summed E-state index contributed by atoms with van der Waals surface area (Å²) in [5, 5.41) is 15.2. The van der Waals surface area contributed by atoms with Crippen molar-refractivity contribution in [2.24, 2.45) is 0 Å². The number of rotatable bonds is 7. The molecular weight excluding hydrogens is 444 g/mol. The van der Waals surface area contributed by atoms with Crippen LogP contribution in [-0.4, -0.2) is 22.1 Å². The normalized spacial score (nSPS) is 14.6. The Hall–Kier alpha value is -1.90. The van der Waals surface area contributed by atoms with Crippen LogP contribution in [0.1, 0.15) is 23.7 Å². The highest BCUT2D eigenvalue weighted by Gasteiger charge is 2.29. The predicted octanol–water partition coefficient (Wildman–Crippen LogP) is 5.16. The van der Waals surface area contributed by atoms with Gasteiger partial charge in [-0.15, -0.1) is 10.2 Å². The molecule has 1 aliphatic carbocycles. The zero-order chi connectivity index (χ0) is 18.6. The number of anilines is 2. The van der Waals surface area contributed by atoms with Crippen LogP contribution in [0.4, 0.5) is 10.8 Å². The molecule has 0 saturated heterocycles. The number of nitrogens with zero attached hydrogens (tertiary/aromatic N) is 2. The van der Waals surface area contributed by atoms with Gasteiger partial charge < -0.3 is 10.6 Å². The summed E-state index contributed by atoms with van der Waals surface area (Å²) in [4.78, 5) is 12.7. The van der Waals surface area contributed by atoms with Gasteiger partial charge in [0.15, 0.2) is 4.34 Å². The molecule has 1 atom stereocenters. The minimum absolute atomic E-state index is 0.0328. The molecule has 0 bridgehead atoms. The molecule has 0 radical (unpaired) electrons. The van der Waals surface area contributed by atoms with Crippen molar-refractivity contribution in [2.45, 2.75) is 28.5 Å². The van der Waals surface area contributed by atoms with Crippen LogP contribution in [0.15, 0.2) is 63.4 Å². The number of hydrogen-bond donors (Lipinski definition) is 2. The molecule has 27 heavy (non-hydrogen) atoms. The van der Waals surface area contributed by atoms with E-state index in [4.69, 9.17) is 0 Å². The van der Waals surface area contributed by atoms with Crippen molar-refractivity contribution in [3.05, 3.63) is 64.6 Å². The lowest BCUT2D eigenvalue weighted by atomic mass is 10.1. The van der Waals surface area contributed by atoms with Gasteiger partial charge in [0.05, 0.1) is 0 Å². The molecule has 2 aromatic carbocycles. The van der Waals surface area contributed by atoms with Crippen LogP contribution in [0, 0.1) is 0 Å². The summed E-state index contributed by atoms with van der Waals surface area (Å²) in [6.07, 6.45) is 2.13. The van der Waals surface area contributed by atoms with Crippen LogP contribution in [0.5, 0.6) is 0 Å². The molecule has 138 valence electrons. The first-order valence-corrected chi connectivity index (χ1v) is 11.0. The second-order valence-corrected chi connectivity index (χ2v) is 9.45. The Morgan fingerprint density at radius 2 is 1.96 bits per heavy atom. The van der Waals surface area contributed by atoms with Gasteiger partial charge in [-0.25, -0.2) is 0 Å². The van der Waals surface area contributed by atoms with Crippen LogP contribution >= 0.6 is 39.0 Å². The summed E-state index contributed by atoms with van der Waals surface area (Å²) < 4.78 is 1.75. The number of carbonyl (C=O) groups excluding carboxylic acids is 1. The van der Waals surface area contributed by atoms with Crippen molar-refractivity contribution in [2.75, 3.05) is 5.32 Å². The molecule has 4 rings (SSSR count). The Balaban J connectivity index is 1.49. The van der Waals surface area contributed by atoms with Gasteiger partial charge in [-0.2, -0.15) is 0 Å². The summed E-state index contributed by atoms with van der Waals surface area (Å²) >= 11 is 6.34. The number of carbonyl (C=O) groups is 1. The van der Waals surface area contributed by atoms with Gasteiger partial charge in [0.2, 0.25) is 11.0 Å². The fourth-order valence-electron chi connectivity index (χ4n) is 2.50. The number of thioether (sulfide) groups is 1. The first-order chi connectivity index (χ1) is 13.2. The van der Waals surface area contributed by atoms with Gasteiger partial charge in [0, 0.05) is 16.2 Å². The Morgan fingerprint density at radius 3 is 2.70 bits per heavy atom. The molecule has 0 aliphatic heterocycles. The van der Waals surface area contributed by atoms with Gasteiger partial charge in [0.1, 0.15) is 5.25 Å². The minimum Gasteiger partial charge on any atom is -0.352 e. The monoisotopic (exact) mass is 460 g/mol. The van der Waals surface area contributed by atoms with Gasteiger partial charge in [-0.05, 0) is 36.6 Å². The fraction of sp³-hybridized carbons (Fsp3) is 0.211. The Morgan fingerprint density at radius 1 is 1.15 bits per heavy atom. The van der Waals surface area contributed by atoms with Crippen molar-refractivity contribution in [1.29, 1.82) is 0 Å². The highest BCUT2D eigenvalue weighted by atomic mass is 79.9. The first kappa shape index (κ1) is 18.5. The molecule has 1 aromatic heterocycles. The number of benzene rings is 2. The quantitative estimate of drug-likeness (QED) is 0.476. The van der Waals surface area contributed by atoms with Gasteiger partial charge in [0.25, 0.3) is 0 Å². The lowest BCUT2D eigenvalue weighted by Gasteiger charge is -2.15. The average Bonchev–Trinajstić information content (AvgIpc) is 3.37. The molecule has 5 nitrogen and oxygen atoms in total. The van der Waals surface area contributed by atoms with Crippen molar-refractivity contribution in [1.82, 2.24) is 15.5 Å². The van der Waals surface area contributed by atoms with E-state index in [-0.39, 0.29) is 11.2 Å². The number of aromatic nitrogens is 2. The topological polar surface area (TPSA) is 66.9 Å². The van der Waals surface area contributed by atoms with Crippen LogP contribution < -0.4 is 10.6 Å². The maximum absolute atomic E-state index is 12.7. The van der Waals surface area contributed by atoms with Crippen LogP contribution in [0.2, 0.25) is 0 Å². The number of amides is 1. The number of nitrogens with one attached hydrogen (secondary N) is 2. The smallest absolute Gasteiger partial charge is 0.238 e. The molecule has 1 unspecified atom stereocenters. The molecule has 1 heterocycles. The third-order valence-electron chi connectivity index (χ3n) is 3.97. The van der Waals surface area contributed by atoms with E-state index in [2.05, 4.69) is 36.8 Å². The third kappa shape index (κ3) is 5.09. The summed E-state index contributed by atoms with van der Waals surface area (Å²) in [5.41, 5.74) is 1.90. The van der Waals surface area contributed by atoms with Crippen LogP contribution in [-0.2, 0) is 4.79 Å². The molecule has 1 saturated carbocycles. The third-order valence-corrected chi connectivity index (χ3v) is 6.64. The van der Waals surface area contributed by atoms with Gasteiger partial charge in [-0.3, -0.25) is 4.79 Å². The van der Waals surface area contributed by atoms with Crippen molar-refractivity contribution < 1.29 is 4.79 Å². The molecule has 1 amide bonds. The predicted molar refractivity (Wildman–Crippen MR) is 114 cm³/mol. The SMILES string of the molecule is O=C(NC1CC1)C(Sc1nnc(Nc2cccc(Br)c2)s1)c1ccccc1. The first-order valence-electron chi connectivity index (χ1n) is 8.55. The van der Waals surface area contributed by atoms with E-state index < -0.39 is 0 Å². The second-order valence-electron chi connectivity index (χ2n) is 6.20. The highest BCUT2D eigenvalue weighted by Crippen LogP contribution is 2.39. The standard InChI is InChI=1S/C19H17BrN4OS2/c20-13-7-4-8-15(11-13)22-18-23-24-19(27-18)26-16(12-5-2-1-3-6-12)17(25)21-14-9-10-14/h1-8,11,14,16H,9-10H2,(H,21,25)(H,22,23). The summed E-state index contributed by atoms with van der Waals surface area (Å²) in [5.74, 6) is 0.0328. The Kier molecular flexibility index (Phi) is 5.75. The number of halogens is 1. The van der Waals surface area contributed by atoms with E-state index in [1.807, 2.05) is 54.6 Å². The zero-order valence-corrected chi connectivity index (χ0v) is 17.5. The lowest BCUT2D eigenvalue weighted by molar-refractivity contribution is -0.120. The largest absolute Gasteiger partial charge is 0.352 e. The van der Waals surface area contributed by atoms with Gasteiger partial charge >= 0.3 is 0 Å². The minimum atomic E-state index is -0.335. The van der Waals surface area contributed by atoms with E-state index in [1.54, 1.807) is 0 Å². The molecule has 3 aromatic rings. The van der Waals surface area contributed by atoms with E-state index in [0.717, 1.165) is 32.9 Å². The van der Waals surface area contributed by atoms with Crippen molar-refractivity contribution in [3.8, 4) is 0 Å². The molecule has 0 spiro atoms. The number of hydrogen-bond acceptors (Lipinski definition) is 6. The lowest BCUT2D eigenvalue weighted by Crippen LogP contribution is -2.29. The molecule has 2 N–H and O–H groups in total. The molecule has 8 heteroatoms. The highest BCUT2D eigenvalue weighted by molar-refractivity contribution is 9.10. The zero-order valence-electron chi connectivity index (χ0n) is 14.3. The molecular formula is C19H17BrN4OS2. The fourth-order valence-corrected chi connectivity index (χ4v) is 4.88. The Labute approximate surface area is 174 Å². The Bertz CT molecular complexity index is 930. The summed E-state index contributed by atoms with van der Waals surface area (Å²) in [6.45, 7) is 0. The maximum atomic E-state index is 12.7. The van der Waals surface area contributed by atoms with E-state index in [9.17, 15) is 4.79 Å². The summed E-state index contributed by atoms with van der Waals surface area (Å²) in [6, 6.07) is 18.0. The molecule has 1 fully saturated rings. The van der Waals surface area contributed by atoms with Crippen LogP contribution in [0.3, 0.4) is 0 Å². The van der Waals surface area contributed by atoms with Gasteiger partial charge in [-0.1, -0.05) is 75.4 Å². The van der Waals surface area contributed by atoms with E-state index >= 15 is 0 Å².